The lowest BCUT2D eigenvalue weighted by molar-refractivity contribution is -0.129. The van der Waals surface area contributed by atoms with Gasteiger partial charge in [0.05, 0.1) is 18.2 Å². The van der Waals surface area contributed by atoms with Crippen molar-refractivity contribution in [2.45, 2.75) is 26.3 Å². The molecule has 2 heterocycles. The quantitative estimate of drug-likeness (QED) is 0.665. The maximum Gasteiger partial charge on any atom is 0.228 e. The molecule has 0 saturated heterocycles. The molecule has 1 aliphatic rings. The first kappa shape index (κ1) is 19.1. The van der Waals surface area contributed by atoms with Crippen LogP contribution in [0.1, 0.15) is 36.1 Å². The number of carbonyl (C=O) groups is 2. The van der Waals surface area contributed by atoms with Crippen molar-refractivity contribution in [3.8, 4) is 11.3 Å². The molecule has 1 N–H and O–H groups in total. The van der Waals surface area contributed by atoms with Crippen LogP contribution in [-0.4, -0.2) is 21.7 Å². The summed E-state index contributed by atoms with van der Waals surface area (Å²) in [5.41, 5.74) is 5.04. The second-order valence-electron chi connectivity index (χ2n) is 7.04. The van der Waals surface area contributed by atoms with Crippen molar-refractivity contribution in [1.82, 2.24) is 9.88 Å². The van der Waals surface area contributed by atoms with Gasteiger partial charge in [-0.05, 0) is 24.1 Å². The van der Waals surface area contributed by atoms with Gasteiger partial charge in [-0.15, -0.1) is 11.3 Å². The van der Waals surface area contributed by atoms with Crippen LogP contribution in [-0.2, 0) is 9.59 Å². The van der Waals surface area contributed by atoms with Crippen molar-refractivity contribution in [2.24, 2.45) is 0 Å². The summed E-state index contributed by atoms with van der Waals surface area (Å²) in [6.45, 7) is 3.55. The molecule has 0 saturated carbocycles. The molecule has 1 unspecified atom stereocenters. The minimum atomic E-state index is -0.328. The maximum absolute atomic E-state index is 12.7. The molecular weight excluding hydrogens is 382 g/mol. The Morgan fingerprint density at radius 3 is 2.66 bits per heavy atom. The Hall–Kier alpha value is -3.25. The van der Waals surface area contributed by atoms with Crippen LogP contribution in [0, 0.1) is 6.92 Å². The zero-order valence-electron chi connectivity index (χ0n) is 16.3. The second kappa shape index (κ2) is 8.01. The molecule has 5 nitrogen and oxygen atoms in total. The van der Waals surface area contributed by atoms with Crippen LogP contribution in [0.25, 0.3) is 17.3 Å². The summed E-state index contributed by atoms with van der Waals surface area (Å²) in [6, 6.07) is 15.6. The first-order valence-corrected chi connectivity index (χ1v) is 10.3. The molecular formula is C23H21N3O2S. The van der Waals surface area contributed by atoms with Gasteiger partial charge < -0.3 is 10.2 Å². The molecule has 6 heteroatoms. The van der Waals surface area contributed by atoms with Crippen LogP contribution in [0.4, 0.5) is 5.13 Å². The number of hydrogen-bond donors (Lipinski definition) is 1. The molecule has 3 aromatic rings. The van der Waals surface area contributed by atoms with E-state index >= 15 is 0 Å². The van der Waals surface area contributed by atoms with Crippen molar-refractivity contribution >= 4 is 34.4 Å². The molecule has 0 spiro atoms. The van der Waals surface area contributed by atoms with Gasteiger partial charge in [-0.25, -0.2) is 4.98 Å². The Bertz CT molecular complexity index is 1090. The number of fused-ring (bicyclic) bond motifs is 1. The molecule has 2 aromatic carbocycles. The molecule has 1 aromatic heterocycles. The highest BCUT2D eigenvalue weighted by molar-refractivity contribution is 7.14. The van der Waals surface area contributed by atoms with Crippen molar-refractivity contribution in [3.63, 3.8) is 0 Å². The van der Waals surface area contributed by atoms with Crippen LogP contribution in [0.15, 0.2) is 60.1 Å². The van der Waals surface area contributed by atoms with Gasteiger partial charge in [-0.1, -0.05) is 54.1 Å². The Morgan fingerprint density at radius 2 is 1.90 bits per heavy atom. The average Bonchev–Trinajstić information content (AvgIpc) is 3.16. The van der Waals surface area contributed by atoms with Crippen LogP contribution in [0.5, 0.6) is 0 Å². The third-order valence-electron chi connectivity index (χ3n) is 4.95. The third kappa shape index (κ3) is 4.12. The molecule has 0 fully saturated rings. The number of thiazole rings is 1. The Morgan fingerprint density at radius 1 is 1.14 bits per heavy atom. The number of anilines is 1. The predicted molar refractivity (Wildman–Crippen MR) is 116 cm³/mol. The van der Waals surface area contributed by atoms with Gasteiger partial charge >= 0.3 is 0 Å². The van der Waals surface area contributed by atoms with Gasteiger partial charge in [0.1, 0.15) is 0 Å². The molecule has 0 bridgehead atoms. The van der Waals surface area contributed by atoms with Crippen molar-refractivity contribution in [3.05, 3.63) is 76.8 Å². The van der Waals surface area contributed by atoms with Gasteiger partial charge in [0.15, 0.2) is 5.13 Å². The van der Waals surface area contributed by atoms with Gasteiger partial charge in [-0.2, -0.15) is 0 Å². The minimum absolute atomic E-state index is 0.0931. The Kier molecular flexibility index (Phi) is 5.27. The van der Waals surface area contributed by atoms with E-state index in [-0.39, 0.29) is 24.3 Å². The van der Waals surface area contributed by atoms with E-state index in [1.54, 1.807) is 11.1 Å². The highest BCUT2D eigenvalue weighted by atomic mass is 32.1. The van der Waals surface area contributed by atoms with Crippen molar-refractivity contribution in [1.29, 1.82) is 0 Å². The van der Waals surface area contributed by atoms with E-state index in [1.807, 2.05) is 66.9 Å². The normalized spacial score (nSPS) is 15.1. The van der Waals surface area contributed by atoms with Crippen LogP contribution < -0.4 is 5.32 Å². The summed E-state index contributed by atoms with van der Waals surface area (Å²) in [7, 11) is 0. The fourth-order valence-corrected chi connectivity index (χ4v) is 4.18. The molecule has 2 amide bonds. The number of aromatic nitrogens is 1. The monoisotopic (exact) mass is 403 g/mol. The first-order valence-electron chi connectivity index (χ1n) is 9.40. The number of rotatable bonds is 4. The number of hydrogen-bond acceptors (Lipinski definition) is 4. The molecule has 29 heavy (non-hydrogen) atoms. The molecule has 1 atom stereocenters. The lowest BCUT2D eigenvalue weighted by Gasteiger charge is -2.32. The Balaban J connectivity index is 1.50. The summed E-state index contributed by atoms with van der Waals surface area (Å²) >= 11 is 1.39. The fourth-order valence-electron chi connectivity index (χ4n) is 3.45. The smallest absolute Gasteiger partial charge is 0.228 e. The molecule has 146 valence electrons. The number of aryl methyl sites for hydroxylation is 1. The van der Waals surface area contributed by atoms with E-state index < -0.39 is 0 Å². The highest BCUT2D eigenvalue weighted by Gasteiger charge is 2.28. The zero-order chi connectivity index (χ0) is 20.4. The van der Waals surface area contributed by atoms with E-state index in [2.05, 4.69) is 10.3 Å². The average molecular weight is 404 g/mol. The highest BCUT2D eigenvalue weighted by Crippen LogP contribution is 2.33. The standard InChI is InChI=1S/C23H21N3O2S/c1-15-7-9-18(10-8-15)20-14-29-23(24-20)25-22(28)13-21-19-6-4-3-5-17(19)11-12-26(21)16(2)27/h3-12,14,21H,13H2,1-2H3,(H,24,25,28). The molecule has 0 radical (unpaired) electrons. The lowest BCUT2D eigenvalue weighted by atomic mass is 9.93. The number of benzene rings is 2. The van der Waals surface area contributed by atoms with E-state index in [4.69, 9.17) is 0 Å². The number of nitrogens with one attached hydrogen (secondary N) is 1. The van der Waals surface area contributed by atoms with E-state index in [0.29, 0.717) is 5.13 Å². The molecule has 0 aliphatic carbocycles. The van der Waals surface area contributed by atoms with E-state index in [0.717, 1.165) is 22.4 Å². The molecule has 1 aliphatic heterocycles. The van der Waals surface area contributed by atoms with Crippen LogP contribution in [0.2, 0.25) is 0 Å². The summed E-state index contributed by atoms with van der Waals surface area (Å²) in [4.78, 5) is 31.0. The lowest BCUT2D eigenvalue weighted by Crippen LogP contribution is -2.33. The first-order chi connectivity index (χ1) is 14.0. The second-order valence-corrected chi connectivity index (χ2v) is 7.90. The SMILES string of the molecule is CC(=O)N1C=Cc2ccccc2C1CC(=O)Nc1nc(-c2ccc(C)cc2)cs1. The van der Waals surface area contributed by atoms with E-state index in [9.17, 15) is 9.59 Å². The number of carbonyl (C=O) groups excluding carboxylic acids is 2. The predicted octanol–water partition coefficient (Wildman–Crippen LogP) is 5.02. The summed E-state index contributed by atoms with van der Waals surface area (Å²) in [5.74, 6) is -0.263. The van der Waals surface area contributed by atoms with Gasteiger partial charge in [0.25, 0.3) is 0 Å². The zero-order valence-corrected chi connectivity index (χ0v) is 17.1. The van der Waals surface area contributed by atoms with Crippen LogP contribution >= 0.6 is 11.3 Å². The number of nitrogens with zero attached hydrogens (tertiary/aromatic N) is 2. The van der Waals surface area contributed by atoms with Crippen molar-refractivity contribution < 1.29 is 9.59 Å². The Labute approximate surface area is 173 Å². The van der Waals surface area contributed by atoms with E-state index in [1.165, 1.54) is 23.8 Å². The summed E-state index contributed by atoms with van der Waals surface area (Å²) in [6.07, 6.45) is 3.82. The fraction of sp³-hybridized carbons (Fsp3) is 0.174. The topological polar surface area (TPSA) is 62.3 Å². The third-order valence-corrected chi connectivity index (χ3v) is 5.70. The number of amides is 2. The largest absolute Gasteiger partial charge is 0.311 e. The van der Waals surface area contributed by atoms with Gasteiger partial charge in [0, 0.05) is 24.1 Å². The summed E-state index contributed by atoms with van der Waals surface area (Å²) in [5, 5.41) is 5.37. The summed E-state index contributed by atoms with van der Waals surface area (Å²) < 4.78 is 0. The van der Waals surface area contributed by atoms with Crippen molar-refractivity contribution in [2.75, 3.05) is 5.32 Å². The maximum atomic E-state index is 12.7. The van der Waals surface area contributed by atoms with Gasteiger partial charge in [-0.3, -0.25) is 9.59 Å². The van der Waals surface area contributed by atoms with Gasteiger partial charge in [0.2, 0.25) is 11.8 Å². The molecule has 4 rings (SSSR count). The minimum Gasteiger partial charge on any atom is -0.311 e. The van der Waals surface area contributed by atoms with Crippen LogP contribution in [0.3, 0.4) is 0 Å².